The highest BCUT2D eigenvalue weighted by atomic mass is 32.2. The van der Waals surface area contributed by atoms with E-state index in [1.165, 1.54) is 12.1 Å². The van der Waals surface area contributed by atoms with Crippen LogP contribution >= 0.6 is 0 Å². The van der Waals surface area contributed by atoms with Crippen molar-refractivity contribution in [2.45, 2.75) is 24.5 Å². The zero-order valence-electron chi connectivity index (χ0n) is 17.0. The Balaban J connectivity index is 1.48. The van der Waals surface area contributed by atoms with E-state index in [9.17, 15) is 13.2 Å². The SMILES string of the molecule is C[C@H](NC(=O)COc1ccc(OCc2ccccc2)cc1)c1cccc(S(N)(=O)=O)c1. The number of sulfonamides is 1. The van der Waals surface area contributed by atoms with Crippen LogP contribution in [-0.2, 0) is 21.4 Å². The van der Waals surface area contributed by atoms with Crippen molar-refractivity contribution in [1.82, 2.24) is 5.32 Å². The van der Waals surface area contributed by atoms with E-state index in [2.05, 4.69) is 5.32 Å². The Hall–Kier alpha value is -3.36. The first-order chi connectivity index (χ1) is 14.8. The van der Waals surface area contributed by atoms with Crippen molar-refractivity contribution in [1.29, 1.82) is 0 Å². The molecule has 0 bridgehead atoms. The lowest BCUT2D eigenvalue weighted by Gasteiger charge is -2.15. The molecule has 3 aromatic carbocycles. The number of carbonyl (C=O) groups is 1. The Labute approximate surface area is 181 Å². The lowest BCUT2D eigenvalue weighted by atomic mass is 10.1. The Morgan fingerprint density at radius 2 is 1.58 bits per heavy atom. The van der Waals surface area contributed by atoms with Crippen molar-refractivity contribution in [3.8, 4) is 11.5 Å². The number of primary sulfonamides is 1. The molecule has 3 N–H and O–H groups in total. The van der Waals surface area contributed by atoms with Gasteiger partial charge < -0.3 is 14.8 Å². The molecular formula is C23H24N2O5S. The Kier molecular flexibility index (Phi) is 7.28. The number of benzene rings is 3. The van der Waals surface area contributed by atoms with E-state index in [-0.39, 0.29) is 17.4 Å². The maximum atomic E-state index is 12.2. The number of ether oxygens (including phenoxy) is 2. The van der Waals surface area contributed by atoms with Crippen molar-refractivity contribution < 1.29 is 22.7 Å². The summed E-state index contributed by atoms with van der Waals surface area (Å²) in [6, 6.07) is 22.6. The third-order valence-electron chi connectivity index (χ3n) is 4.51. The molecule has 0 fully saturated rings. The van der Waals surface area contributed by atoms with E-state index in [1.54, 1.807) is 43.3 Å². The van der Waals surface area contributed by atoms with E-state index in [0.717, 1.165) is 5.56 Å². The van der Waals surface area contributed by atoms with Gasteiger partial charge in [-0.2, -0.15) is 0 Å². The zero-order valence-corrected chi connectivity index (χ0v) is 17.8. The van der Waals surface area contributed by atoms with Crippen molar-refractivity contribution in [2.24, 2.45) is 5.14 Å². The van der Waals surface area contributed by atoms with Gasteiger partial charge in [-0.3, -0.25) is 4.79 Å². The largest absolute Gasteiger partial charge is 0.489 e. The number of hydrogen-bond acceptors (Lipinski definition) is 5. The van der Waals surface area contributed by atoms with Crippen LogP contribution in [0.15, 0.2) is 83.8 Å². The van der Waals surface area contributed by atoms with Gasteiger partial charge in [-0.05, 0) is 54.4 Å². The van der Waals surface area contributed by atoms with Crippen LogP contribution < -0.4 is 19.9 Å². The quantitative estimate of drug-likeness (QED) is 0.531. The monoisotopic (exact) mass is 440 g/mol. The first kappa shape index (κ1) is 22.3. The van der Waals surface area contributed by atoms with E-state index < -0.39 is 16.1 Å². The third-order valence-corrected chi connectivity index (χ3v) is 5.42. The van der Waals surface area contributed by atoms with Gasteiger partial charge in [0.25, 0.3) is 5.91 Å². The van der Waals surface area contributed by atoms with Crippen molar-refractivity contribution in [3.05, 3.63) is 90.0 Å². The fourth-order valence-corrected chi connectivity index (χ4v) is 3.42. The van der Waals surface area contributed by atoms with Gasteiger partial charge in [0, 0.05) is 0 Å². The second-order valence-electron chi connectivity index (χ2n) is 6.94. The van der Waals surface area contributed by atoms with Crippen LogP contribution in [0.2, 0.25) is 0 Å². The predicted octanol–water partition coefficient (Wildman–Crippen LogP) is 3.17. The zero-order chi connectivity index (χ0) is 22.3. The van der Waals surface area contributed by atoms with Gasteiger partial charge in [-0.1, -0.05) is 42.5 Å². The summed E-state index contributed by atoms with van der Waals surface area (Å²) in [5, 5.41) is 7.92. The summed E-state index contributed by atoms with van der Waals surface area (Å²) in [5.74, 6) is 0.896. The normalized spacial score (nSPS) is 12.1. The molecule has 0 saturated carbocycles. The van der Waals surface area contributed by atoms with Crippen LogP contribution in [0.3, 0.4) is 0 Å². The second-order valence-corrected chi connectivity index (χ2v) is 8.50. The van der Waals surface area contributed by atoms with E-state index in [4.69, 9.17) is 14.6 Å². The minimum atomic E-state index is -3.80. The van der Waals surface area contributed by atoms with Crippen molar-refractivity contribution in [3.63, 3.8) is 0 Å². The summed E-state index contributed by atoms with van der Waals surface area (Å²) in [6.45, 7) is 2.04. The molecule has 0 aromatic heterocycles. The van der Waals surface area contributed by atoms with Gasteiger partial charge in [0.15, 0.2) is 6.61 Å². The van der Waals surface area contributed by atoms with Crippen LogP contribution in [-0.4, -0.2) is 20.9 Å². The topological polar surface area (TPSA) is 108 Å². The maximum Gasteiger partial charge on any atom is 0.258 e. The highest BCUT2D eigenvalue weighted by Gasteiger charge is 2.14. The fourth-order valence-electron chi connectivity index (χ4n) is 2.85. The molecule has 3 rings (SSSR count). The van der Waals surface area contributed by atoms with Crippen LogP contribution in [0.25, 0.3) is 0 Å². The lowest BCUT2D eigenvalue weighted by Crippen LogP contribution is -2.31. The molecule has 0 spiro atoms. The first-order valence-electron chi connectivity index (χ1n) is 9.63. The molecule has 0 aliphatic carbocycles. The predicted molar refractivity (Wildman–Crippen MR) is 117 cm³/mol. The van der Waals surface area contributed by atoms with Gasteiger partial charge in [-0.15, -0.1) is 0 Å². The fraction of sp³-hybridized carbons (Fsp3) is 0.174. The summed E-state index contributed by atoms with van der Waals surface area (Å²) < 4.78 is 34.2. The summed E-state index contributed by atoms with van der Waals surface area (Å²) in [6.07, 6.45) is 0. The molecular weight excluding hydrogens is 416 g/mol. The van der Waals surface area contributed by atoms with E-state index in [1.807, 2.05) is 30.3 Å². The molecule has 3 aromatic rings. The average molecular weight is 441 g/mol. The molecule has 0 heterocycles. The van der Waals surface area contributed by atoms with Crippen LogP contribution in [0.5, 0.6) is 11.5 Å². The number of nitrogens with two attached hydrogens (primary N) is 1. The molecule has 31 heavy (non-hydrogen) atoms. The van der Waals surface area contributed by atoms with Crippen LogP contribution in [0.4, 0.5) is 0 Å². The molecule has 7 nitrogen and oxygen atoms in total. The molecule has 8 heteroatoms. The lowest BCUT2D eigenvalue weighted by molar-refractivity contribution is -0.123. The Bertz CT molecular complexity index is 1120. The highest BCUT2D eigenvalue weighted by molar-refractivity contribution is 7.89. The van der Waals surface area contributed by atoms with E-state index >= 15 is 0 Å². The Morgan fingerprint density at radius 1 is 0.935 bits per heavy atom. The summed E-state index contributed by atoms with van der Waals surface area (Å²) in [7, 11) is -3.80. The molecule has 0 aliphatic rings. The smallest absolute Gasteiger partial charge is 0.258 e. The number of rotatable bonds is 9. The summed E-state index contributed by atoms with van der Waals surface area (Å²) in [5.41, 5.74) is 1.70. The van der Waals surface area contributed by atoms with Gasteiger partial charge in [0.1, 0.15) is 18.1 Å². The molecule has 0 radical (unpaired) electrons. The Morgan fingerprint density at radius 3 is 2.23 bits per heavy atom. The molecule has 162 valence electrons. The van der Waals surface area contributed by atoms with Gasteiger partial charge in [-0.25, -0.2) is 13.6 Å². The molecule has 0 unspecified atom stereocenters. The maximum absolute atomic E-state index is 12.2. The molecule has 1 atom stereocenters. The number of amides is 1. The molecule has 1 amide bonds. The minimum Gasteiger partial charge on any atom is -0.489 e. The number of nitrogens with one attached hydrogen (secondary N) is 1. The number of hydrogen-bond donors (Lipinski definition) is 2. The summed E-state index contributed by atoms with van der Waals surface area (Å²) >= 11 is 0. The van der Waals surface area contributed by atoms with Gasteiger partial charge >= 0.3 is 0 Å². The second kappa shape index (κ2) is 10.1. The van der Waals surface area contributed by atoms with Crippen LogP contribution in [0, 0.1) is 0 Å². The molecule has 0 aliphatic heterocycles. The summed E-state index contributed by atoms with van der Waals surface area (Å²) in [4.78, 5) is 12.2. The minimum absolute atomic E-state index is 0.00285. The van der Waals surface area contributed by atoms with Gasteiger partial charge in [0.05, 0.1) is 10.9 Å². The van der Waals surface area contributed by atoms with Crippen molar-refractivity contribution in [2.75, 3.05) is 6.61 Å². The third kappa shape index (κ3) is 6.84. The number of carbonyl (C=O) groups excluding carboxylic acids is 1. The van der Waals surface area contributed by atoms with Crippen LogP contribution in [0.1, 0.15) is 24.1 Å². The standard InChI is InChI=1S/C23H24N2O5S/c1-17(19-8-5-9-22(14-19)31(24,27)28)25-23(26)16-30-21-12-10-20(11-13-21)29-15-18-6-3-2-4-7-18/h2-14,17H,15-16H2,1H3,(H,25,26)(H2,24,27,28)/t17-/m0/s1. The van der Waals surface area contributed by atoms with E-state index in [0.29, 0.717) is 23.7 Å². The highest BCUT2D eigenvalue weighted by Crippen LogP contribution is 2.19. The van der Waals surface area contributed by atoms with Gasteiger partial charge in [0.2, 0.25) is 10.0 Å². The first-order valence-corrected chi connectivity index (χ1v) is 11.2. The average Bonchev–Trinajstić information content (AvgIpc) is 2.77. The molecule has 0 saturated heterocycles. The van der Waals surface area contributed by atoms with Crippen molar-refractivity contribution >= 4 is 15.9 Å².